The summed E-state index contributed by atoms with van der Waals surface area (Å²) in [6.45, 7) is 10.2. The van der Waals surface area contributed by atoms with Crippen LogP contribution in [0.25, 0.3) is 17.2 Å². The molecule has 4 aromatic rings. The molecule has 2 amide bonds. The average Bonchev–Trinajstić information content (AvgIpc) is 3.74. The minimum Gasteiger partial charge on any atom is -0.496 e. The summed E-state index contributed by atoms with van der Waals surface area (Å²) in [5.74, 6) is 2.02. The van der Waals surface area contributed by atoms with Gasteiger partial charge >= 0.3 is 0 Å². The van der Waals surface area contributed by atoms with E-state index in [1.807, 2.05) is 61.5 Å². The first-order valence-corrected chi connectivity index (χ1v) is 19.9. The highest BCUT2D eigenvalue weighted by Crippen LogP contribution is 2.38. The van der Waals surface area contributed by atoms with Crippen LogP contribution in [0, 0.1) is 25.2 Å². The summed E-state index contributed by atoms with van der Waals surface area (Å²) >= 11 is 1.38. The van der Waals surface area contributed by atoms with Crippen LogP contribution in [0.3, 0.4) is 0 Å². The topological polar surface area (TPSA) is 130 Å². The van der Waals surface area contributed by atoms with E-state index in [0.717, 1.165) is 71.0 Å². The first-order valence-electron chi connectivity index (χ1n) is 19.0. The molecule has 2 aliphatic rings. The maximum absolute atomic E-state index is 13.3. The molecule has 13 heteroatoms. The zero-order valence-corrected chi connectivity index (χ0v) is 33.9. The molecule has 1 saturated heterocycles. The molecule has 0 aliphatic carbocycles. The molecule has 2 aliphatic heterocycles. The zero-order chi connectivity index (χ0) is 39.9. The summed E-state index contributed by atoms with van der Waals surface area (Å²) in [7, 11) is 5.08. The lowest BCUT2D eigenvalue weighted by Crippen LogP contribution is -2.48. The number of methoxy groups -OCH3 is 2. The second-order valence-electron chi connectivity index (χ2n) is 14.4. The third kappa shape index (κ3) is 8.82. The van der Waals surface area contributed by atoms with Crippen LogP contribution >= 0.6 is 11.3 Å². The number of hydrogen-bond donors (Lipinski definition) is 0. The number of nitrogens with zero attached hydrogens (tertiary/aromatic N) is 6. The minimum atomic E-state index is -0.297. The van der Waals surface area contributed by atoms with E-state index >= 15 is 0 Å². The lowest BCUT2D eigenvalue weighted by molar-refractivity contribution is -0.133. The summed E-state index contributed by atoms with van der Waals surface area (Å²) in [6, 6.07) is 11.9. The number of hydrogen-bond acceptors (Lipinski definition) is 10. The average molecular weight is 779 g/mol. The number of benzene rings is 2. The van der Waals surface area contributed by atoms with E-state index < -0.39 is 0 Å². The maximum Gasteiger partial charge on any atom is 0.265 e. The lowest BCUT2D eigenvalue weighted by Gasteiger charge is -2.35. The Kier molecular flexibility index (Phi) is 12.9. The summed E-state index contributed by atoms with van der Waals surface area (Å²) in [5, 5.41) is 12.1. The van der Waals surface area contributed by atoms with Crippen molar-refractivity contribution < 1.29 is 23.8 Å². The van der Waals surface area contributed by atoms with E-state index in [0.29, 0.717) is 56.2 Å². The molecule has 1 atom stereocenters. The Hall–Kier alpha value is -5.45. The van der Waals surface area contributed by atoms with E-state index in [4.69, 9.17) is 14.2 Å². The summed E-state index contributed by atoms with van der Waals surface area (Å²) < 4.78 is 19.4. The molecule has 12 nitrogen and oxygen atoms in total. The molecule has 0 bridgehead atoms. The Bertz CT molecular complexity index is 2170. The van der Waals surface area contributed by atoms with Gasteiger partial charge in [0.05, 0.1) is 32.4 Å². The quantitative estimate of drug-likeness (QED) is 0.0900. The number of aromatic nitrogens is 2. The third-order valence-electron chi connectivity index (χ3n) is 11.0. The number of pyridine rings is 1. The molecule has 56 heavy (non-hydrogen) atoms. The highest BCUT2D eigenvalue weighted by Gasteiger charge is 2.30. The van der Waals surface area contributed by atoms with Gasteiger partial charge in [0.15, 0.2) is 0 Å². The van der Waals surface area contributed by atoms with E-state index in [-0.39, 0.29) is 29.0 Å². The van der Waals surface area contributed by atoms with Gasteiger partial charge in [0.2, 0.25) is 5.91 Å². The molecule has 0 spiro atoms. The van der Waals surface area contributed by atoms with Gasteiger partial charge in [0.1, 0.15) is 33.9 Å². The minimum absolute atomic E-state index is 0.0102. The standard InChI is InChI=1S/C43H50N6O6S/c1-28-29(2)42(51)46(4)26-36(28)32-21-38(53-5)37(39(22-32)54-6)27-47-15-17-48(18-16-47)41(50)9-7-8-19-55-34-11-10-31-12-14-49(30(3)35(31)24-34)43(52)33(25-44)23-40-45-13-20-56-40/h10-11,13,20-24,26,30H,7-9,12,14-19,27H2,1-6H3/b33-23-. The predicted octanol–water partition coefficient (Wildman–Crippen LogP) is 6.09. The number of carbonyl (C=O) groups excluding carboxylic acids is 2. The Labute approximate surface area is 332 Å². The van der Waals surface area contributed by atoms with E-state index in [2.05, 4.69) is 22.0 Å². The number of ether oxygens (including phenoxy) is 3. The summed E-state index contributed by atoms with van der Waals surface area (Å²) in [6.07, 6.45) is 7.69. The second-order valence-corrected chi connectivity index (χ2v) is 15.3. The van der Waals surface area contributed by atoms with Crippen LogP contribution in [0.15, 0.2) is 58.5 Å². The van der Waals surface area contributed by atoms with Gasteiger partial charge in [-0.05, 0) is 92.6 Å². The molecule has 0 saturated carbocycles. The smallest absolute Gasteiger partial charge is 0.265 e. The van der Waals surface area contributed by atoms with Gasteiger partial charge in [0, 0.05) is 81.6 Å². The van der Waals surface area contributed by atoms with Crippen LogP contribution in [0.1, 0.15) is 65.1 Å². The molecule has 294 valence electrons. The van der Waals surface area contributed by atoms with Crippen molar-refractivity contribution >= 4 is 29.2 Å². The monoisotopic (exact) mass is 778 g/mol. The number of unbranched alkanes of at least 4 members (excludes halogenated alkanes) is 1. The predicted molar refractivity (Wildman–Crippen MR) is 217 cm³/mol. The molecule has 4 heterocycles. The van der Waals surface area contributed by atoms with Gasteiger partial charge in [0.25, 0.3) is 11.5 Å². The highest BCUT2D eigenvalue weighted by atomic mass is 32.1. The molecular formula is C43H50N6O6S. The van der Waals surface area contributed by atoms with Crippen LogP contribution in [0.2, 0.25) is 0 Å². The molecule has 2 aromatic carbocycles. The summed E-state index contributed by atoms with van der Waals surface area (Å²) in [5.41, 5.74) is 6.72. The van der Waals surface area contributed by atoms with Crippen molar-refractivity contribution in [3.8, 4) is 34.4 Å². The maximum atomic E-state index is 13.3. The number of piperazine rings is 1. The van der Waals surface area contributed by atoms with Crippen LogP contribution < -0.4 is 19.8 Å². The Morgan fingerprint density at radius 2 is 1.75 bits per heavy atom. The molecule has 2 aromatic heterocycles. The Morgan fingerprint density at radius 3 is 2.41 bits per heavy atom. The Morgan fingerprint density at radius 1 is 1.02 bits per heavy atom. The van der Waals surface area contributed by atoms with Gasteiger partial charge in [-0.3, -0.25) is 19.3 Å². The van der Waals surface area contributed by atoms with E-state index in [1.54, 1.807) is 43.0 Å². The van der Waals surface area contributed by atoms with Gasteiger partial charge in [-0.1, -0.05) is 6.07 Å². The van der Waals surface area contributed by atoms with Gasteiger partial charge in [-0.25, -0.2) is 4.98 Å². The number of thiazole rings is 1. The van der Waals surface area contributed by atoms with Crippen LogP contribution in [-0.4, -0.2) is 89.6 Å². The molecular weight excluding hydrogens is 729 g/mol. The largest absolute Gasteiger partial charge is 0.496 e. The van der Waals surface area contributed by atoms with Crippen LogP contribution in [0.5, 0.6) is 17.2 Å². The van der Waals surface area contributed by atoms with E-state index in [1.165, 1.54) is 16.9 Å². The number of aryl methyl sites for hydroxylation is 1. The SMILES string of the molecule is COc1cc(-c2cn(C)c(=O)c(C)c2C)cc(OC)c1CN1CCN(C(=O)CCCCOc2ccc3c(c2)C(C)N(C(=O)/C(C#N)=C\c2nccs2)CC3)CC1. The van der Waals surface area contributed by atoms with Crippen molar-refractivity contribution in [2.75, 3.05) is 53.6 Å². The second kappa shape index (κ2) is 18.0. The lowest BCUT2D eigenvalue weighted by atomic mass is 9.92. The zero-order valence-electron chi connectivity index (χ0n) is 33.1. The number of amides is 2. The summed E-state index contributed by atoms with van der Waals surface area (Å²) in [4.78, 5) is 49.1. The van der Waals surface area contributed by atoms with Crippen molar-refractivity contribution in [3.05, 3.63) is 96.9 Å². The Balaban J connectivity index is 0.968. The number of nitriles is 1. The fraction of sp³-hybridized carbons (Fsp3) is 0.419. The number of carbonyl (C=O) groups is 2. The first kappa shape index (κ1) is 40.2. The van der Waals surface area contributed by atoms with Crippen molar-refractivity contribution in [2.45, 2.75) is 59.0 Å². The highest BCUT2D eigenvalue weighted by molar-refractivity contribution is 7.10. The fourth-order valence-electron chi connectivity index (χ4n) is 7.55. The molecule has 6 rings (SSSR count). The van der Waals surface area contributed by atoms with Gasteiger partial charge in [-0.2, -0.15) is 5.26 Å². The van der Waals surface area contributed by atoms with Crippen LogP contribution in [-0.2, 0) is 29.6 Å². The van der Waals surface area contributed by atoms with Crippen molar-refractivity contribution in [2.24, 2.45) is 7.05 Å². The van der Waals surface area contributed by atoms with Gasteiger partial charge in [-0.15, -0.1) is 11.3 Å². The molecule has 1 unspecified atom stereocenters. The molecule has 1 fully saturated rings. The van der Waals surface area contributed by atoms with Crippen LogP contribution in [0.4, 0.5) is 0 Å². The number of rotatable bonds is 13. The van der Waals surface area contributed by atoms with Crippen molar-refractivity contribution in [3.63, 3.8) is 0 Å². The van der Waals surface area contributed by atoms with E-state index in [9.17, 15) is 19.6 Å². The van der Waals surface area contributed by atoms with Crippen molar-refractivity contribution in [1.82, 2.24) is 24.3 Å². The molecule has 0 N–H and O–H groups in total. The third-order valence-corrected chi connectivity index (χ3v) is 11.7. The fourth-order valence-corrected chi connectivity index (χ4v) is 8.12. The normalized spacial score (nSPS) is 15.9. The first-order chi connectivity index (χ1) is 27.0. The molecule has 0 radical (unpaired) electrons. The van der Waals surface area contributed by atoms with Crippen molar-refractivity contribution in [1.29, 1.82) is 5.26 Å². The van der Waals surface area contributed by atoms with Gasteiger partial charge < -0.3 is 28.6 Å². The number of fused-ring (bicyclic) bond motifs is 1.